The molecule has 2 aliphatic heterocycles. The van der Waals surface area contributed by atoms with E-state index in [2.05, 4.69) is 12.2 Å². The average molecular weight is 296 g/mol. The molecule has 4 heteroatoms. The number of piperidine rings is 1. The van der Waals surface area contributed by atoms with Gasteiger partial charge >= 0.3 is 6.09 Å². The fourth-order valence-electron chi connectivity index (χ4n) is 3.66. The highest BCUT2D eigenvalue weighted by molar-refractivity contribution is 5.68. The summed E-state index contributed by atoms with van der Waals surface area (Å²) in [5.74, 6) is 2.33. The van der Waals surface area contributed by atoms with E-state index < -0.39 is 5.60 Å². The van der Waals surface area contributed by atoms with Gasteiger partial charge in [-0.05, 0) is 77.3 Å². The second-order valence-corrected chi connectivity index (χ2v) is 7.92. The summed E-state index contributed by atoms with van der Waals surface area (Å²) in [6.07, 6.45) is 4.67. The molecule has 2 heterocycles. The van der Waals surface area contributed by atoms with Crippen LogP contribution in [-0.4, -0.2) is 42.8 Å². The molecule has 0 saturated carbocycles. The van der Waals surface area contributed by atoms with Gasteiger partial charge in [-0.25, -0.2) is 4.79 Å². The van der Waals surface area contributed by atoms with Gasteiger partial charge in [-0.3, -0.25) is 0 Å². The highest BCUT2D eigenvalue weighted by Crippen LogP contribution is 2.31. The molecule has 4 nitrogen and oxygen atoms in total. The molecule has 2 saturated heterocycles. The maximum Gasteiger partial charge on any atom is 0.410 e. The van der Waals surface area contributed by atoms with Gasteiger partial charge in [0.1, 0.15) is 5.60 Å². The summed E-state index contributed by atoms with van der Waals surface area (Å²) >= 11 is 0. The van der Waals surface area contributed by atoms with Crippen molar-refractivity contribution in [2.45, 2.75) is 59.0 Å². The smallest absolute Gasteiger partial charge is 0.410 e. The second-order valence-electron chi connectivity index (χ2n) is 7.92. The number of amides is 1. The first-order chi connectivity index (χ1) is 9.85. The number of nitrogens with one attached hydrogen (secondary N) is 1. The minimum Gasteiger partial charge on any atom is -0.444 e. The molecule has 3 atom stereocenters. The van der Waals surface area contributed by atoms with Crippen molar-refractivity contribution in [3.05, 3.63) is 0 Å². The minimum absolute atomic E-state index is 0.140. The van der Waals surface area contributed by atoms with Gasteiger partial charge in [0.25, 0.3) is 0 Å². The summed E-state index contributed by atoms with van der Waals surface area (Å²) < 4.78 is 5.51. The number of rotatable bonds is 1. The second kappa shape index (κ2) is 6.99. The van der Waals surface area contributed by atoms with Gasteiger partial charge < -0.3 is 15.0 Å². The molecule has 0 spiro atoms. The molecule has 0 aromatic carbocycles. The lowest BCUT2D eigenvalue weighted by molar-refractivity contribution is 0.0253. The maximum absolute atomic E-state index is 12.2. The zero-order chi connectivity index (χ0) is 15.5. The third kappa shape index (κ3) is 5.17. The lowest BCUT2D eigenvalue weighted by Gasteiger charge is -2.33. The van der Waals surface area contributed by atoms with E-state index in [9.17, 15) is 4.79 Å². The van der Waals surface area contributed by atoms with Crippen molar-refractivity contribution < 1.29 is 9.53 Å². The van der Waals surface area contributed by atoms with Crippen LogP contribution in [0.25, 0.3) is 0 Å². The van der Waals surface area contributed by atoms with E-state index in [4.69, 9.17) is 4.74 Å². The highest BCUT2D eigenvalue weighted by Gasteiger charge is 2.30. The van der Waals surface area contributed by atoms with E-state index in [1.165, 1.54) is 12.8 Å². The fourth-order valence-corrected chi connectivity index (χ4v) is 3.66. The van der Waals surface area contributed by atoms with Crippen molar-refractivity contribution in [2.75, 3.05) is 26.2 Å². The molecule has 1 N–H and O–H groups in total. The molecule has 2 fully saturated rings. The molecule has 2 aliphatic rings. The minimum atomic E-state index is -0.397. The molecule has 2 rings (SSSR count). The van der Waals surface area contributed by atoms with Gasteiger partial charge in [0.05, 0.1) is 0 Å². The Bertz CT molecular complexity index is 351. The van der Waals surface area contributed by atoms with E-state index in [-0.39, 0.29) is 6.09 Å². The topological polar surface area (TPSA) is 41.6 Å². The Morgan fingerprint density at radius 2 is 1.90 bits per heavy atom. The quantitative estimate of drug-likeness (QED) is 0.807. The molecule has 1 amide bonds. The van der Waals surface area contributed by atoms with Gasteiger partial charge in [-0.1, -0.05) is 6.92 Å². The first kappa shape index (κ1) is 16.6. The third-order valence-electron chi connectivity index (χ3n) is 4.70. The maximum atomic E-state index is 12.2. The molecule has 0 aromatic rings. The molecule has 0 aromatic heterocycles. The molecular weight excluding hydrogens is 264 g/mol. The number of nitrogens with zero attached hydrogens (tertiary/aromatic N) is 1. The zero-order valence-corrected chi connectivity index (χ0v) is 14.2. The van der Waals surface area contributed by atoms with E-state index in [0.717, 1.165) is 56.8 Å². The van der Waals surface area contributed by atoms with Gasteiger partial charge in [0.2, 0.25) is 0 Å². The van der Waals surface area contributed by atoms with Crippen molar-refractivity contribution in [2.24, 2.45) is 17.8 Å². The van der Waals surface area contributed by atoms with E-state index in [1.807, 2.05) is 25.7 Å². The summed E-state index contributed by atoms with van der Waals surface area (Å²) in [6.45, 7) is 12.1. The zero-order valence-electron chi connectivity index (χ0n) is 14.2. The Balaban J connectivity index is 1.85. The Morgan fingerprint density at radius 1 is 1.14 bits per heavy atom. The van der Waals surface area contributed by atoms with Gasteiger partial charge in [-0.15, -0.1) is 0 Å². The van der Waals surface area contributed by atoms with Crippen molar-refractivity contribution in [3.8, 4) is 0 Å². The predicted octanol–water partition coefficient (Wildman–Crippen LogP) is 3.27. The monoisotopic (exact) mass is 296 g/mol. The molecule has 0 aliphatic carbocycles. The number of hydrogen-bond acceptors (Lipinski definition) is 3. The van der Waals surface area contributed by atoms with Crippen molar-refractivity contribution in [3.63, 3.8) is 0 Å². The van der Waals surface area contributed by atoms with Crippen LogP contribution < -0.4 is 5.32 Å². The average Bonchev–Trinajstić information content (AvgIpc) is 2.62. The molecule has 0 radical (unpaired) electrons. The summed E-state index contributed by atoms with van der Waals surface area (Å²) in [7, 11) is 0. The van der Waals surface area contributed by atoms with Gasteiger partial charge in [0, 0.05) is 13.1 Å². The Hall–Kier alpha value is -0.770. The predicted molar refractivity (Wildman–Crippen MR) is 85.3 cm³/mol. The van der Waals surface area contributed by atoms with Crippen LogP contribution in [0.15, 0.2) is 0 Å². The van der Waals surface area contributed by atoms with Gasteiger partial charge in [-0.2, -0.15) is 0 Å². The molecule has 3 unspecified atom stereocenters. The molecule has 21 heavy (non-hydrogen) atoms. The normalized spacial score (nSPS) is 31.6. The largest absolute Gasteiger partial charge is 0.444 e. The van der Waals surface area contributed by atoms with Crippen LogP contribution in [0.5, 0.6) is 0 Å². The van der Waals surface area contributed by atoms with Crippen molar-refractivity contribution >= 4 is 6.09 Å². The van der Waals surface area contributed by atoms with Crippen LogP contribution in [0.3, 0.4) is 0 Å². The summed E-state index contributed by atoms with van der Waals surface area (Å²) in [4.78, 5) is 14.1. The van der Waals surface area contributed by atoms with Crippen LogP contribution in [0.1, 0.15) is 53.4 Å². The lowest BCUT2D eigenvalue weighted by Crippen LogP contribution is -2.39. The third-order valence-corrected chi connectivity index (χ3v) is 4.70. The number of carbonyl (C=O) groups excluding carboxylic acids is 1. The van der Waals surface area contributed by atoms with Gasteiger partial charge in [0.15, 0.2) is 0 Å². The molecule has 122 valence electrons. The van der Waals surface area contributed by atoms with Crippen molar-refractivity contribution in [1.82, 2.24) is 10.2 Å². The number of hydrogen-bond donors (Lipinski definition) is 1. The molecule has 0 bridgehead atoms. The fraction of sp³-hybridized carbons (Fsp3) is 0.941. The van der Waals surface area contributed by atoms with Crippen LogP contribution >= 0.6 is 0 Å². The highest BCUT2D eigenvalue weighted by atomic mass is 16.6. The number of ether oxygens (including phenoxy) is 1. The van der Waals surface area contributed by atoms with E-state index in [0.29, 0.717) is 0 Å². The number of likely N-dealkylation sites (tertiary alicyclic amines) is 1. The summed E-state index contributed by atoms with van der Waals surface area (Å²) in [6, 6.07) is 0. The Morgan fingerprint density at radius 3 is 2.57 bits per heavy atom. The van der Waals surface area contributed by atoms with Crippen LogP contribution in [0, 0.1) is 17.8 Å². The number of carbonyl (C=O) groups is 1. The van der Waals surface area contributed by atoms with Crippen LogP contribution in [0.2, 0.25) is 0 Å². The first-order valence-electron chi connectivity index (χ1n) is 8.54. The van der Waals surface area contributed by atoms with Crippen LogP contribution in [-0.2, 0) is 4.74 Å². The standard InChI is InChI=1S/C17H32N2O2/c1-13-10-15(12-18-11-13)14-6-5-8-19(9-7-14)16(20)21-17(2,3)4/h13-15,18H,5-12H2,1-4H3. The van der Waals surface area contributed by atoms with Crippen LogP contribution in [0.4, 0.5) is 4.79 Å². The summed E-state index contributed by atoms with van der Waals surface area (Å²) in [5, 5.41) is 3.56. The van der Waals surface area contributed by atoms with E-state index >= 15 is 0 Å². The Kier molecular flexibility index (Phi) is 5.53. The Labute approximate surface area is 129 Å². The van der Waals surface area contributed by atoms with E-state index in [1.54, 1.807) is 0 Å². The van der Waals surface area contributed by atoms with Crippen molar-refractivity contribution in [1.29, 1.82) is 0 Å². The summed E-state index contributed by atoms with van der Waals surface area (Å²) in [5.41, 5.74) is -0.397. The lowest BCUT2D eigenvalue weighted by atomic mass is 9.79. The first-order valence-corrected chi connectivity index (χ1v) is 8.54. The molecular formula is C17H32N2O2. The SMILES string of the molecule is CC1CNCC(C2CCCN(C(=O)OC(C)(C)C)CC2)C1.